The van der Waals surface area contributed by atoms with Crippen LogP contribution in [0.25, 0.3) is 0 Å². The molecule has 0 N–H and O–H groups in total. The van der Waals surface area contributed by atoms with Crippen molar-refractivity contribution in [2.45, 2.75) is 33.5 Å². The standard InChI is InChI=1S/C10H23NO2/c1-5-11(6-2)8-7-9-13-10(3)12-4/h10H,5-9H2,1-4H3. The van der Waals surface area contributed by atoms with E-state index in [1.165, 1.54) is 0 Å². The minimum atomic E-state index is -0.0725. The first-order valence-corrected chi connectivity index (χ1v) is 5.11. The molecular formula is C10H23NO2. The van der Waals surface area contributed by atoms with Gasteiger partial charge in [-0.1, -0.05) is 13.8 Å². The molecule has 0 saturated heterocycles. The van der Waals surface area contributed by atoms with Gasteiger partial charge in [0, 0.05) is 13.7 Å². The molecule has 0 heterocycles. The van der Waals surface area contributed by atoms with Crippen LogP contribution in [0.2, 0.25) is 0 Å². The second-order valence-electron chi connectivity index (χ2n) is 3.05. The number of nitrogens with zero attached hydrogens (tertiary/aromatic N) is 1. The summed E-state index contributed by atoms with van der Waals surface area (Å²) in [5.41, 5.74) is 0. The zero-order valence-electron chi connectivity index (χ0n) is 9.38. The lowest BCUT2D eigenvalue weighted by Gasteiger charge is -2.18. The van der Waals surface area contributed by atoms with Gasteiger partial charge in [0.05, 0.1) is 6.61 Å². The van der Waals surface area contributed by atoms with Crippen molar-refractivity contribution in [1.82, 2.24) is 4.90 Å². The second-order valence-corrected chi connectivity index (χ2v) is 3.05. The lowest BCUT2D eigenvalue weighted by molar-refractivity contribution is -0.112. The molecule has 0 aromatic heterocycles. The van der Waals surface area contributed by atoms with E-state index in [0.29, 0.717) is 0 Å². The van der Waals surface area contributed by atoms with E-state index in [1.54, 1.807) is 7.11 Å². The third-order valence-corrected chi connectivity index (χ3v) is 2.20. The molecule has 0 spiro atoms. The van der Waals surface area contributed by atoms with Gasteiger partial charge < -0.3 is 14.4 Å². The highest BCUT2D eigenvalue weighted by molar-refractivity contribution is 4.51. The van der Waals surface area contributed by atoms with E-state index >= 15 is 0 Å². The van der Waals surface area contributed by atoms with Gasteiger partial charge >= 0.3 is 0 Å². The molecule has 0 aliphatic rings. The van der Waals surface area contributed by atoms with Crippen LogP contribution in [-0.2, 0) is 9.47 Å². The number of rotatable bonds is 8. The Labute approximate surface area is 82.0 Å². The Morgan fingerprint density at radius 1 is 1.23 bits per heavy atom. The van der Waals surface area contributed by atoms with Crippen LogP contribution in [0.15, 0.2) is 0 Å². The van der Waals surface area contributed by atoms with Crippen LogP contribution < -0.4 is 0 Å². The van der Waals surface area contributed by atoms with Gasteiger partial charge in [-0.15, -0.1) is 0 Å². The fourth-order valence-corrected chi connectivity index (χ4v) is 1.15. The summed E-state index contributed by atoms with van der Waals surface area (Å²) < 4.78 is 10.4. The van der Waals surface area contributed by atoms with E-state index in [0.717, 1.165) is 32.7 Å². The molecule has 0 aromatic rings. The lowest BCUT2D eigenvalue weighted by atomic mass is 10.4. The summed E-state index contributed by atoms with van der Waals surface area (Å²) >= 11 is 0. The summed E-state index contributed by atoms with van der Waals surface area (Å²) in [5.74, 6) is 0. The topological polar surface area (TPSA) is 21.7 Å². The summed E-state index contributed by atoms with van der Waals surface area (Å²) in [6.07, 6.45) is 1.01. The number of hydrogen-bond acceptors (Lipinski definition) is 3. The number of ether oxygens (including phenoxy) is 2. The zero-order chi connectivity index (χ0) is 10.1. The maximum Gasteiger partial charge on any atom is 0.154 e. The van der Waals surface area contributed by atoms with Crippen molar-refractivity contribution in [3.05, 3.63) is 0 Å². The first kappa shape index (κ1) is 12.9. The second kappa shape index (κ2) is 8.48. The van der Waals surface area contributed by atoms with Crippen molar-refractivity contribution in [2.24, 2.45) is 0 Å². The molecule has 3 heteroatoms. The highest BCUT2D eigenvalue weighted by Gasteiger charge is 2.00. The summed E-state index contributed by atoms with van der Waals surface area (Å²) in [4.78, 5) is 2.39. The fraction of sp³-hybridized carbons (Fsp3) is 1.00. The monoisotopic (exact) mass is 189 g/mol. The van der Waals surface area contributed by atoms with Crippen LogP contribution in [0, 0.1) is 0 Å². The minimum absolute atomic E-state index is 0.0725. The van der Waals surface area contributed by atoms with Crippen LogP contribution >= 0.6 is 0 Å². The fourth-order valence-electron chi connectivity index (χ4n) is 1.15. The van der Waals surface area contributed by atoms with Crippen molar-refractivity contribution in [3.63, 3.8) is 0 Å². The molecule has 0 aliphatic heterocycles. The molecule has 1 atom stereocenters. The molecule has 80 valence electrons. The summed E-state index contributed by atoms with van der Waals surface area (Å²) in [7, 11) is 1.66. The summed E-state index contributed by atoms with van der Waals surface area (Å²) in [6.45, 7) is 10.4. The van der Waals surface area contributed by atoms with Gasteiger partial charge in [0.2, 0.25) is 0 Å². The van der Waals surface area contributed by atoms with Crippen molar-refractivity contribution >= 4 is 0 Å². The lowest BCUT2D eigenvalue weighted by Crippen LogP contribution is -2.25. The normalized spacial score (nSPS) is 13.6. The van der Waals surface area contributed by atoms with Crippen molar-refractivity contribution in [1.29, 1.82) is 0 Å². The molecule has 0 saturated carbocycles. The van der Waals surface area contributed by atoms with Gasteiger partial charge in [0.1, 0.15) is 0 Å². The Hall–Kier alpha value is -0.120. The molecule has 0 aliphatic carbocycles. The van der Waals surface area contributed by atoms with Crippen molar-refractivity contribution in [3.8, 4) is 0 Å². The average molecular weight is 189 g/mol. The Balaban J connectivity index is 3.23. The molecule has 1 unspecified atom stereocenters. The highest BCUT2D eigenvalue weighted by Crippen LogP contribution is 1.95. The maximum absolute atomic E-state index is 5.38. The average Bonchev–Trinajstić information content (AvgIpc) is 2.18. The smallest absolute Gasteiger partial charge is 0.154 e. The Bertz CT molecular complexity index is 105. The third-order valence-electron chi connectivity index (χ3n) is 2.20. The summed E-state index contributed by atoms with van der Waals surface area (Å²) in [5, 5.41) is 0. The molecule has 0 rings (SSSR count). The van der Waals surface area contributed by atoms with Crippen molar-refractivity contribution < 1.29 is 9.47 Å². The van der Waals surface area contributed by atoms with Crippen LogP contribution in [0.3, 0.4) is 0 Å². The predicted octanol–water partition coefficient (Wildman–Crippen LogP) is 1.73. The van der Waals surface area contributed by atoms with Gasteiger partial charge in [-0.3, -0.25) is 0 Å². The van der Waals surface area contributed by atoms with Crippen LogP contribution in [0.1, 0.15) is 27.2 Å². The van der Waals surface area contributed by atoms with Crippen LogP contribution in [0.4, 0.5) is 0 Å². The zero-order valence-corrected chi connectivity index (χ0v) is 9.38. The van der Waals surface area contributed by atoms with Gasteiger partial charge in [-0.2, -0.15) is 0 Å². The molecule has 0 radical (unpaired) electrons. The molecule has 0 fully saturated rings. The van der Waals surface area contributed by atoms with Gasteiger partial charge in [0.25, 0.3) is 0 Å². The molecule has 13 heavy (non-hydrogen) atoms. The van der Waals surface area contributed by atoms with Crippen molar-refractivity contribution in [2.75, 3.05) is 33.4 Å². The van der Waals surface area contributed by atoms with E-state index in [-0.39, 0.29) is 6.29 Å². The maximum atomic E-state index is 5.38. The molecule has 3 nitrogen and oxygen atoms in total. The Morgan fingerprint density at radius 3 is 2.31 bits per heavy atom. The summed E-state index contributed by atoms with van der Waals surface area (Å²) in [6, 6.07) is 0. The van der Waals surface area contributed by atoms with E-state index in [1.807, 2.05) is 6.92 Å². The Morgan fingerprint density at radius 2 is 1.85 bits per heavy atom. The first-order chi connectivity index (χ1) is 6.24. The number of methoxy groups -OCH3 is 1. The van der Waals surface area contributed by atoms with E-state index in [2.05, 4.69) is 18.7 Å². The largest absolute Gasteiger partial charge is 0.356 e. The van der Waals surface area contributed by atoms with E-state index in [4.69, 9.17) is 9.47 Å². The quantitative estimate of drug-likeness (QED) is 0.429. The van der Waals surface area contributed by atoms with E-state index < -0.39 is 0 Å². The first-order valence-electron chi connectivity index (χ1n) is 5.11. The molecule has 0 bridgehead atoms. The van der Waals surface area contributed by atoms with Gasteiger partial charge in [-0.05, 0) is 26.4 Å². The SMILES string of the molecule is CCN(CC)CCCOC(C)OC. The predicted molar refractivity (Wildman–Crippen MR) is 54.8 cm³/mol. The molecule has 0 aromatic carbocycles. The molecular weight excluding hydrogens is 166 g/mol. The molecule has 0 amide bonds. The highest BCUT2D eigenvalue weighted by atomic mass is 16.7. The Kier molecular flexibility index (Phi) is 8.40. The third kappa shape index (κ3) is 6.99. The van der Waals surface area contributed by atoms with Crippen LogP contribution in [0.5, 0.6) is 0 Å². The number of hydrogen-bond donors (Lipinski definition) is 0. The van der Waals surface area contributed by atoms with Crippen LogP contribution in [-0.4, -0.2) is 44.5 Å². The minimum Gasteiger partial charge on any atom is -0.356 e. The van der Waals surface area contributed by atoms with Gasteiger partial charge in [-0.25, -0.2) is 0 Å². The van der Waals surface area contributed by atoms with E-state index in [9.17, 15) is 0 Å². The van der Waals surface area contributed by atoms with Gasteiger partial charge in [0.15, 0.2) is 6.29 Å².